The predicted molar refractivity (Wildman–Crippen MR) is 179 cm³/mol. The van der Waals surface area contributed by atoms with Crippen LogP contribution in [0.3, 0.4) is 0 Å². The Kier molecular flexibility index (Phi) is 10.1. The third-order valence-corrected chi connectivity index (χ3v) is 9.47. The SMILES string of the molecule is C=COc1nc(Nc2ccc(C)cc2S(=O)(=O)O)nc(Nc2cc(S(=O)(=O)O)cc3cc(S(=O)(=O)O)c(N=Nc4ccccc4C(F)(F)F)c(O)c23)n1. The fraction of sp³-hybridized carbons (Fsp3) is 0.0690. The van der Waals surface area contributed by atoms with Gasteiger partial charge in [-0.25, -0.2) is 0 Å². The van der Waals surface area contributed by atoms with Crippen LogP contribution in [0.1, 0.15) is 11.1 Å². The summed E-state index contributed by atoms with van der Waals surface area (Å²) < 4.78 is 149. The van der Waals surface area contributed by atoms with Crippen LogP contribution in [0.25, 0.3) is 10.8 Å². The summed E-state index contributed by atoms with van der Waals surface area (Å²) in [6.45, 7) is 4.92. The average molecular weight is 798 g/mol. The van der Waals surface area contributed by atoms with E-state index in [1.165, 1.54) is 12.1 Å². The number of hydrogen-bond donors (Lipinski definition) is 6. The molecule has 5 aromatic rings. The smallest absolute Gasteiger partial charge is 0.418 e. The molecule has 18 nitrogen and oxygen atoms in total. The van der Waals surface area contributed by atoms with E-state index in [1.807, 2.05) is 0 Å². The van der Waals surface area contributed by atoms with Crippen molar-refractivity contribution in [3.63, 3.8) is 0 Å². The summed E-state index contributed by atoms with van der Waals surface area (Å²) in [5, 5.41) is 22.4. The van der Waals surface area contributed by atoms with E-state index in [-0.39, 0.29) is 5.69 Å². The second kappa shape index (κ2) is 14.0. The van der Waals surface area contributed by atoms with Gasteiger partial charge in [-0.1, -0.05) is 24.8 Å². The third kappa shape index (κ3) is 8.65. The van der Waals surface area contributed by atoms with Crippen LogP contribution >= 0.6 is 0 Å². The Bertz CT molecular complexity index is 2680. The Labute approximate surface area is 297 Å². The van der Waals surface area contributed by atoms with E-state index in [2.05, 4.69) is 42.4 Å². The number of benzene rings is 4. The molecule has 24 heteroatoms. The highest BCUT2D eigenvalue weighted by atomic mass is 32.2. The summed E-state index contributed by atoms with van der Waals surface area (Å²) in [6, 6.07) is 9.09. The zero-order valence-corrected chi connectivity index (χ0v) is 28.7. The summed E-state index contributed by atoms with van der Waals surface area (Å²) in [4.78, 5) is 9.23. The van der Waals surface area contributed by atoms with Gasteiger partial charge in [0, 0.05) is 5.39 Å². The van der Waals surface area contributed by atoms with Gasteiger partial charge in [0.2, 0.25) is 11.9 Å². The molecule has 5 rings (SSSR count). The van der Waals surface area contributed by atoms with Crippen LogP contribution in [-0.2, 0) is 36.5 Å². The van der Waals surface area contributed by atoms with E-state index in [1.54, 1.807) is 6.92 Å². The number of fused-ring (bicyclic) bond motifs is 1. The fourth-order valence-electron chi connectivity index (χ4n) is 4.69. The molecule has 1 aromatic heterocycles. The standard InChI is InChI=1S/C29H22F3N7O11S3/c1-3-50-28-36-26(33-19-9-8-14(2)10-21(19)52(44,45)46)35-27(37-28)34-20-13-16(51(41,42)43)11-15-12-22(53(47,48)49)24(25(40)23(15)20)39-38-18-7-5-4-6-17(18)29(30,31)32/h3-13,40H,1H2,2H3,(H,41,42,43)(H,44,45,46)(H,47,48,49)(H2,33,34,35,36,37). The van der Waals surface area contributed by atoms with Gasteiger partial charge in [0.25, 0.3) is 30.4 Å². The fourth-order valence-corrected chi connectivity index (χ4v) is 6.62. The molecule has 6 N–H and O–H groups in total. The topological polar surface area (TPSA) is 280 Å². The number of aromatic hydroxyl groups is 1. The number of nitrogens with one attached hydrogen (secondary N) is 2. The van der Waals surface area contributed by atoms with Gasteiger partial charge < -0.3 is 20.5 Å². The number of rotatable bonds is 11. The first-order valence-electron chi connectivity index (χ1n) is 14.1. The van der Waals surface area contributed by atoms with Gasteiger partial charge in [0.05, 0.1) is 33.8 Å². The molecular weight excluding hydrogens is 776 g/mol. The number of aromatic nitrogens is 3. The van der Waals surface area contributed by atoms with Crippen molar-refractivity contribution in [2.24, 2.45) is 10.2 Å². The first kappa shape index (κ1) is 38.4. The highest BCUT2D eigenvalue weighted by Crippen LogP contribution is 2.46. The lowest BCUT2D eigenvalue weighted by molar-refractivity contribution is -0.137. The van der Waals surface area contributed by atoms with Gasteiger partial charge in [-0.05, 0) is 60.3 Å². The lowest BCUT2D eigenvalue weighted by Gasteiger charge is -2.16. The largest absolute Gasteiger partial charge is 0.505 e. The number of alkyl halides is 3. The molecule has 0 fully saturated rings. The first-order valence-corrected chi connectivity index (χ1v) is 18.4. The minimum Gasteiger partial charge on any atom is -0.505 e. The molecule has 0 spiro atoms. The molecule has 1 heterocycles. The first-order chi connectivity index (χ1) is 24.6. The Morgan fingerprint density at radius 2 is 1.42 bits per heavy atom. The Morgan fingerprint density at radius 1 is 0.792 bits per heavy atom. The van der Waals surface area contributed by atoms with Gasteiger partial charge >= 0.3 is 12.2 Å². The molecule has 0 radical (unpaired) electrons. The van der Waals surface area contributed by atoms with Crippen LogP contribution in [0.2, 0.25) is 0 Å². The van der Waals surface area contributed by atoms with Crippen molar-refractivity contribution >= 4 is 75.8 Å². The number of azo groups is 1. The molecular formula is C29H22F3N7O11S3. The molecule has 0 bridgehead atoms. The van der Waals surface area contributed by atoms with E-state index < -0.39 is 108 Å². The molecule has 0 amide bonds. The number of ether oxygens (including phenoxy) is 1. The maximum Gasteiger partial charge on any atom is 0.418 e. The number of hydrogen-bond acceptors (Lipinski definition) is 15. The normalized spacial score (nSPS) is 12.6. The van der Waals surface area contributed by atoms with Crippen molar-refractivity contribution < 1.29 is 61.9 Å². The van der Waals surface area contributed by atoms with Crippen LogP contribution < -0.4 is 15.4 Å². The van der Waals surface area contributed by atoms with Gasteiger partial charge in [-0.15, -0.1) is 10.2 Å². The van der Waals surface area contributed by atoms with E-state index >= 15 is 0 Å². The van der Waals surface area contributed by atoms with Crippen LogP contribution in [0, 0.1) is 6.92 Å². The van der Waals surface area contributed by atoms with Crippen molar-refractivity contribution in [1.82, 2.24) is 15.0 Å². The maximum atomic E-state index is 13.6. The maximum absolute atomic E-state index is 13.6. The summed E-state index contributed by atoms with van der Waals surface area (Å²) in [5.41, 5.74) is -3.50. The Morgan fingerprint density at radius 3 is 2.00 bits per heavy atom. The lowest BCUT2D eigenvalue weighted by atomic mass is 10.1. The molecule has 0 aliphatic heterocycles. The average Bonchev–Trinajstić information content (AvgIpc) is 3.03. The molecule has 53 heavy (non-hydrogen) atoms. The van der Waals surface area contributed by atoms with Crippen LogP contribution in [0.15, 0.2) is 98.4 Å². The summed E-state index contributed by atoms with van der Waals surface area (Å²) in [7, 11) is -15.3. The van der Waals surface area contributed by atoms with E-state index in [9.17, 15) is 57.2 Å². The second-order valence-corrected chi connectivity index (χ2v) is 14.8. The van der Waals surface area contributed by atoms with Crippen LogP contribution in [0.5, 0.6) is 11.8 Å². The van der Waals surface area contributed by atoms with Crippen LogP contribution in [-0.4, -0.2) is 59.0 Å². The van der Waals surface area contributed by atoms with Gasteiger partial charge in [0.1, 0.15) is 15.5 Å². The van der Waals surface area contributed by atoms with E-state index in [4.69, 9.17) is 4.74 Å². The molecule has 278 valence electrons. The molecule has 0 saturated heterocycles. The van der Waals surface area contributed by atoms with Crippen molar-refractivity contribution in [3.05, 3.63) is 84.6 Å². The quantitative estimate of drug-likeness (QED) is 0.0491. The molecule has 0 aliphatic carbocycles. The number of phenolic OH excluding ortho intramolecular Hbond substituents is 1. The zero-order chi connectivity index (χ0) is 39.1. The monoisotopic (exact) mass is 797 g/mol. The molecule has 4 aromatic carbocycles. The van der Waals surface area contributed by atoms with Gasteiger partial charge in [-0.3, -0.25) is 13.7 Å². The molecule has 0 unspecified atom stereocenters. The van der Waals surface area contributed by atoms with E-state index in [0.29, 0.717) is 29.8 Å². The Hall–Kier alpha value is -5.79. The second-order valence-electron chi connectivity index (χ2n) is 10.6. The summed E-state index contributed by atoms with van der Waals surface area (Å²) in [6.07, 6.45) is -4.06. The number of anilines is 4. The summed E-state index contributed by atoms with van der Waals surface area (Å²) >= 11 is 0. The predicted octanol–water partition coefficient (Wildman–Crippen LogP) is 6.22. The zero-order valence-electron chi connectivity index (χ0n) is 26.3. The van der Waals surface area contributed by atoms with Gasteiger partial charge in [-0.2, -0.15) is 53.4 Å². The summed E-state index contributed by atoms with van der Waals surface area (Å²) in [5.74, 6) is -2.20. The van der Waals surface area contributed by atoms with Crippen molar-refractivity contribution in [3.8, 4) is 11.8 Å². The number of phenols is 1. The minimum atomic E-state index is -5.37. The van der Waals surface area contributed by atoms with Crippen molar-refractivity contribution in [2.45, 2.75) is 27.8 Å². The Balaban J connectivity index is 1.74. The highest BCUT2D eigenvalue weighted by molar-refractivity contribution is 7.86. The van der Waals surface area contributed by atoms with Crippen molar-refractivity contribution in [1.29, 1.82) is 0 Å². The number of halogens is 3. The number of aryl methyl sites for hydroxylation is 1. The van der Waals surface area contributed by atoms with Gasteiger partial charge in [0.15, 0.2) is 5.75 Å². The van der Waals surface area contributed by atoms with Crippen molar-refractivity contribution in [2.75, 3.05) is 10.6 Å². The molecule has 0 aliphatic rings. The van der Waals surface area contributed by atoms with Crippen LogP contribution in [0.4, 0.5) is 47.8 Å². The third-order valence-electron chi connectivity index (χ3n) is 6.88. The molecule has 0 saturated carbocycles. The minimum absolute atomic E-state index is 0.226. The van der Waals surface area contributed by atoms with E-state index in [0.717, 1.165) is 30.5 Å². The molecule has 0 atom stereocenters. The highest BCUT2D eigenvalue weighted by Gasteiger charge is 2.33. The number of nitrogens with zero attached hydrogens (tertiary/aromatic N) is 5. The lowest BCUT2D eigenvalue weighted by Crippen LogP contribution is -2.09.